The van der Waals surface area contributed by atoms with Gasteiger partial charge in [0.2, 0.25) is 0 Å². The van der Waals surface area contributed by atoms with Crippen LogP contribution < -0.4 is 10.6 Å². The maximum atomic E-state index is 5.91. The molecule has 0 aromatic carbocycles. The van der Waals surface area contributed by atoms with Crippen molar-refractivity contribution in [2.24, 2.45) is 0 Å². The first kappa shape index (κ1) is 13.6. The molecule has 1 aliphatic rings. The lowest BCUT2D eigenvalue weighted by molar-refractivity contribution is 0.170. The summed E-state index contributed by atoms with van der Waals surface area (Å²) in [5.74, 6) is 0. The summed E-state index contributed by atoms with van der Waals surface area (Å²) in [6, 6.07) is 4.30. The number of piperidine rings is 1. The fourth-order valence-electron chi connectivity index (χ4n) is 3.15. The second-order valence-corrected chi connectivity index (χ2v) is 6.90. The smallest absolute Gasteiger partial charge is 0.131 e. The van der Waals surface area contributed by atoms with Gasteiger partial charge in [-0.2, -0.15) is 0 Å². The number of hydrogen-bond acceptors (Lipinski definition) is 3. The summed E-state index contributed by atoms with van der Waals surface area (Å²) in [7, 11) is 0. The molecule has 1 aromatic rings. The highest BCUT2D eigenvalue weighted by Crippen LogP contribution is 2.30. The molecule has 2 rings (SSSR count). The van der Waals surface area contributed by atoms with Crippen molar-refractivity contribution in [2.45, 2.75) is 57.7 Å². The third-order valence-electron chi connectivity index (χ3n) is 3.29. The molecular formula is C14H22ClN3. The zero-order valence-corrected chi connectivity index (χ0v) is 12.3. The van der Waals surface area contributed by atoms with Crippen molar-refractivity contribution in [1.29, 1.82) is 0 Å². The number of hydrogen-bond donors (Lipinski definition) is 2. The van der Waals surface area contributed by atoms with Crippen molar-refractivity contribution in [2.75, 3.05) is 5.32 Å². The van der Waals surface area contributed by atoms with Crippen LogP contribution in [-0.4, -0.2) is 22.1 Å². The molecule has 4 heteroatoms. The van der Waals surface area contributed by atoms with E-state index in [0.717, 1.165) is 18.5 Å². The molecule has 100 valence electrons. The Labute approximate surface area is 114 Å². The monoisotopic (exact) mass is 267 g/mol. The van der Waals surface area contributed by atoms with Gasteiger partial charge in [0.25, 0.3) is 0 Å². The van der Waals surface area contributed by atoms with Gasteiger partial charge in [0.1, 0.15) is 5.15 Å². The van der Waals surface area contributed by atoms with Crippen molar-refractivity contribution in [3.63, 3.8) is 0 Å². The molecule has 0 saturated carbocycles. The number of nitrogens with zero attached hydrogens (tertiary/aromatic N) is 1. The van der Waals surface area contributed by atoms with E-state index in [1.54, 1.807) is 6.20 Å². The summed E-state index contributed by atoms with van der Waals surface area (Å²) < 4.78 is 0. The van der Waals surface area contributed by atoms with Crippen LogP contribution in [0.5, 0.6) is 0 Å². The van der Waals surface area contributed by atoms with Crippen molar-refractivity contribution in [1.82, 2.24) is 10.3 Å². The van der Waals surface area contributed by atoms with Crippen LogP contribution in [0.1, 0.15) is 40.5 Å². The minimum Gasteiger partial charge on any atom is -0.382 e. The Morgan fingerprint density at radius 3 is 2.44 bits per heavy atom. The second-order valence-electron chi connectivity index (χ2n) is 6.51. The van der Waals surface area contributed by atoms with E-state index in [4.69, 9.17) is 11.6 Å². The van der Waals surface area contributed by atoms with E-state index >= 15 is 0 Å². The molecule has 1 aromatic heterocycles. The minimum absolute atomic E-state index is 0.149. The number of aromatic nitrogens is 1. The Kier molecular flexibility index (Phi) is 3.56. The SMILES string of the molecule is CC1(C)CC(Nc2ccnc(Cl)c2)CC(C)(C)N1. The first-order valence-electron chi connectivity index (χ1n) is 6.43. The van der Waals surface area contributed by atoms with E-state index in [1.807, 2.05) is 12.1 Å². The normalized spacial score (nSPS) is 22.7. The number of halogens is 1. The zero-order chi connectivity index (χ0) is 13.4. The second kappa shape index (κ2) is 4.71. The lowest BCUT2D eigenvalue weighted by Gasteiger charge is -2.46. The maximum Gasteiger partial charge on any atom is 0.131 e. The van der Waals surface area contributed by atoms with E-state index in [-0.39, 0.29) is 11.1 Å². The molecule has 0 atom stereocenters. The first-order valence-corrected chi connectivity index (χ1v) is 6.81. The van der Waals surface area contributed by atoms with Gasteiger partial charge in [-0.3, -0.25) is 0 Å². The Balaban J connectivity index is 2.09. The lowest BCUT2D eigenvalue weighted by Crippen LogP contribution is -2.60. The standard InChI is InChI=1S/C14H22ClN3/c1-13(2)8-11(9-14(3,4)18-13)17-10-5-6-16-12(15)7-10/h5-7,11,18H,8-9H2,1-4H3,(H,16,17). The largest absolute Gasteiger partial charge is 0.382 e. The first-order chi connectivity index (χ1) is 8.26. The van der Waals surface area contributed by atoms with Gasteiger partial charge in [0.15, 0.2) is 0 Å². The average molecular weight is 268 g/mol. The topological polar surface area (TPSA) is 37.0 Å². The Morgan fingerprint density at radius 1 is 1.28 bits per heavy atom. The van der Waals surface area contributed by atoms with E-state index in [9.17, 15) is 0 Å². The summed E-state index contributed by atoms with van der Waals surface area (Å²) in [6.07, 6.45) is 3.93. The molecule has 0 unspecified atom stereocenters. The highest BCUT2D eigenvalue weighted by atomic mass is 35.5. The molecule has 2 heterocycles. The van der Waals surface area contributed by atoms with Crippen LogP contribution in [0, 0.1) is 0 Å². The van der Waals surface area contributed by atoms with E-state index < -0.39 is 0 Å². The van der Waals surface area contributed by atoms with Crippen LogP contribution in [0.25, 0.3) is 0 Å². The number of nitrogens with one attached hydrogen (secondary N) is 2. The summed E-state index contributed by atoms with van der Waals surface area (Å²) in [5.41, 5.74) is 1.35. The van der Waals surface area contributed by atoms with Gasteiger partial charge in [-0.15, -0.1) is 0 Å². The third kappa shape index (κ3) is 3.59. The summed E-state index contributed by atoms with van der Waals surface area (Å²) >= 11 is 5.91. The highest BCUT2D eigenvalue weighted by Gasteiger charge is 2.37. The molecule has 0 bridgehead atoms. The van der Waals surface area contributed by atoms with Crippen LogP contribution in [-0.2, 0) is 0 Å². The summed E-state index contributed by atoms with van der Waals surface area (Å²) in [5, 5.41) is 7.78. The number of pyridine rings is 1. The predicted octanol–water partition coefficient (Wildman–Crippen LogP) is 3.46. The van der Waals surface area contributed by atoms with Crippen LogP contribution in [0.15, 0.2) is 18.3 Å². The van der Waals surface area contributed by atoms with E-state index in [1.165, 1.54) is 0 Å². The Hall–Kier alpha value is -0.800. The summed E-state index contributed by atoms with van der Waals surface area (Å²) in [4.78, 5) is 4.00. The molecule has 1 fully saturated rings. The van der Waals surface area contributed by atoms with Gasteiger partial charge < -0.3 is 10.6 Å². The number of anilines is 1. The zero-order valence-electron chi connectivity index (χ0n) is 11.5. The minimum atomic E-state index is 0.149. The van der Waals surface area contributed by atoms with Gasteiger partial charge in [0, 0.05) is 29.0 Å². The van der Waals surface area contributed by atoms with E-state index in [2.05, 4.69) is 43.3 Å². The van der Waals surface area contributed by atoms with Crippen LogP contribution >= 0.6 is 11.6 Å². The number of rotatable bonds is 2. The van der Waals surface area contributed by atoms with Gasteiger partial charge >= 0.3 is 0 Å². The predicted molar refractivity (Wildman–Crippen MR) is 77.2 cm³/mol. The van der Waals surface area contributed by atoms with Gasteiger partial charge in [0.05, 0.1) is 0 Å². The molecule has 1 saturated heterocycles. The van der Waals surface area contributed by atoms with Gasteiger partial charge in [-0.25, -0.2) is 4.98 Å². The molecule has 0 aliphatic carbocycles. The molecule has 3 nitrogen and oxygen atoms in total. The highest BCUT2D eigenvalue weighted by molar-refractivity contribution is 6.29. The fraction of sp³-hybridized carbons (Fsp3) is 0.643. The molecule has 2 N–H and O–H groups in total. The van der Waals surface area contributed by atoms with Gasteiger partial charge in [-0.1, -0.05) is 11.6 Å². The molecular weight excluding hydrogens is 246 g/mol. The Morgan fingerprint density at radius 2 is 1.89 bits per heavy atom. The molecule has 18 heavy (non-hydrogen) atoms. The van der Waals surface area contributed by atoms with Crippen LogP contribution in [0.4, 0.5) is 5.69 Å². The van der Waals surface area contributed by atoms with Crippen LogP contribution in [0.2, 0.25) is 5.15 Å². The molecule has 0 amide bonds. The molecule has 0 radical (unpaired) electrons. The van der Waals surface area contributed by atoms with E-state index in [0.29, 0.717) is 11.2 Å². The van der Waals surface area contributed by atoms with Crippen molar-refractivity contribution >= 4 is 17.3 Å². The average Bonchev–Trinajstić information content (AvgIpc) is 2.11. The lowest BCUT2D eigenvalue weighted by atomic mass is 9.79. The molecule has 0 spiro atoms. The fourth-order valence-corrected chi connectivity index (χ4v) is 3.33. The summed E-state index contributed by atoms with van der Waals surface area (Å²) in [6.45, 7) is 9.01. The van der Waals surface area contributed by atoms with Crippen molar-refractivity contribution in [3.05, 3.63) is 23.5 Å². The molecule has 1 aliphatic heterocycles. The van der Waals surface area contributed by atoms with Crippen molar-refractivity contribution in [3.8, 4) is 0 Å². The van der Waals surface area contributed by atoms with Crippen molar-refractivity contribution < 1.29 is 0 Å². The maximum absolute atomic E-state index is 5.91. The quantitative estimate of drug-likeness (QED) is 0.806. The Bertz CT molecular complexity index is 413. The third-order valence-corrected chi connectivity index (χ3v) is 3.49. The van der Waals surface area contributed by atoms with Gasteiger partial charge in [-0.05, 0) is 52.7 Å². The van der Waals surface area contributed by atoms with Crippen LogP contribution in [0.3, 0.4) is 0 Å².